The second-order valence-electron chi connectivity index (χ2n) is 7.21. The lowest BCUT2D eigenvalue weighted by molar-refractivity contribution is -0.153. The van der Waals surface area contributed by atoms with Crippen molar-refractivity contribution in [2.75, 3.05) is 24.7 Å². The maximum atomic E-state index is 12.6. The first kappa shape index (κ1) is 18.8. The second-order valence-corrected chi connectivity index (χ2v) is 8.21. The van der Waals surface area contributed by atoms with Gasteiger partial charge in [0.15, 0.2) is 0 Å². The average Bonchev–Trinajstić information content (AvgIpc) is 3.10. The van der Waals surface area contributed by atoms with E-state index < -0.39 is 0 Å². The van der Waals surface area contributed by atoms with Gasteiger partial charge in [0.05, 0.1) is 5.88 Å². The van der Waals surface area contributed by atoms with Crippen LogP contribution in [0.1, 0.15) is 36.2 Å². The molecule has 0 radical (unpaired) electrons. The van der Waals surface area contributed by atoms with Crippen molar-refractivity contribution in [2.45, 2.75) is 32.9 Å². The van der Waals surface area contributed by atoms with Gasteiger partial charge in [0.1, 0.15) is 12.6 Å². The van der Waals surface area contributed by atoms with Crippen LogP contribution in [0, 0.1) is 5.92 Å². The predicted octanol–water partition coefficient (Wildman–Crippen LogP) is 1.71. The van der Waals surface area contributed by atoms with Gasteiger partial charge in [-0.2, -0.15) is 0 Å². The molecule has 2 saturated heterocycles. The number of rotatable bonds is 6. The number of nitrogens with one attached hydrogen (secondary N) is 1. The lowest BCUT2D eigenvalue weighted by Crippen LogP contribution is -2.57. The standard InChI is InChI=1S/C19H25N3O3S/c1-13(2)7-8-20-18(24)15-5-3-14(4-6-15)9-21-10-17(23)22-12-26-11-16(22)19(21)25/h3-6,13,16H,7-12H2,1-2H3,(H,20,24). The topological polar surface area (TPSA) is 69.7 Å². The maximum Gasteiger partial charge on any atom is 0.251 e. The van der Waals surface area contributed by atoms with Gasteiger partial charge in [-0.3, -0.25) is 14.4 Å². The first-order valence-corrected chi connectivity index (χ1v) is 10.1. The minimum Gasteiger partial charge on any atom is -0.352 e. The molecule has 1 aromatic rings. The Kier molecular flexibility index (Phi) is 5.86. The molecular weight excluding hydrogens is 350 g/mol. The molecule has 0 aliphatic carbocycles. The zero-order valence-corrected chi connectivity index (χ0v) is 16.1. The van der Waals surface area contributed by atoms with E-state index in [1.807, 2.05) is 12.1 Å². The maximum absolute atomic E-state index is 12.6. The lowest BCUT2D eigenvalue weighted by atomic mass is 10.1. The van der Waals surface area contributed by atoms with Crippen molar-refractivity contribution in [3.05, 3.63) is 35.4 Å². The Hall–Kier alpha value is -2.02. The van der Waals surface area contributed by atoms with Crippen LogP contribution in [0.4, 0.5) is 0 Å². The minimum atomic E-state index is -0.313. The molecule has 1 unspecified atom stereocenters. The van der Waals surface area contributed by atoms with Crippen molar-refractivity contribution in [3.8, 4) is 0 Å². The average molecular weight is 375 g/mol. The molecule has 1 N–H and O–H groups in total. The van der Waals surface area contributed by atoms with Gasteiger partial charge >= 0.3 is 0 Å². The third-order valence-corrected chi connectivity index (χ3v) is 5.73. The van der Waals surface area contributed by atoms with Gasteiger partial charge in [-0.05, 0) is 30.0 Å². The summed E-state index contributed by atoms with van der Waals surface area (Å²) in [6.07, 6.45) is 0.950. The molecular formula is C19H25N3O3S. The number of benzene rings is 1. The highest BCUT2D eigenvalue weighted by Crippen LogP contribution is 2.26. The Morgan fingerprint density at radius 2 is 2.00 bits per heavy atom. The molecule has 3 rings (SSSR count). The molecule has 0 saturated carbocycles. The quantitative estimate of drug-likeness (QED) is 0.822. The second kappa shape index (κ2) is 8.12. The molecule has 2 heterocycles. The smallest absolute Gasteiger partial charge is 0.251 e. The van der Waals surface area contributed by atoms with Crippen LogP contribution >= 0.6 is 11.8 Å². The zero-order valence-electron chi connectivity index (χ0n) is 15.2. The van der Waals surface area contributed by atoms with E-state index in [0.717, 1.165) is 12.0 Å². The molecule has 0 bridgehead atoms. The summed E-state index contributed by atoms with van der Waals surface area (Å²) in [6, 6.07) is 6.94. The van der Waals surface area contributed by atoms with Crippen LogP contribution < -0.4 is 5.32 Å². The van der Waals surface area contributed by atoms with E-state index in [1.165, 1.54) is 0 Å². The Morgan fingerprint density at radius 1 is 1.27 bits per heavy atom. The Labute approximate surface area is 158 Å². The number of fused-ring (bicyclic) bond motifs is 1. The summed E-state index contributed by atoms with van der Waals surface area (Å²) < 4.78 is 0. The number of nitrogens with zero attached hydrogens (tertiary/aromatic N) is 2. The van der Waals surface area contributed by atoms with Crippen molar-refractivity contribution in [2.24, 2.45) is 5.92 Å². The highest BCUT2D eigenvalue weighted by atomic mass is 32.2. The van der Waals surface area contributed by atoms with Crippen molar-refractivity contribution >= 4 is 29.5 Å². The van der Waals surface area contributed by atoms with E-state index in [0.29, 0.717) is 36.2 Å². The number of piperazine rings is 1. The molecule has 7 heteroatoms. The summed E-state index contributed by atoms with van der Waals surface area (Å²) in [5.74, 6) is 1.79. The van der Waals surface area contributed by atoms with E-state index in [9.17, 15) is 14.4 Å². The SMILES string of the molecule is CC(C)CCNC(=O)c1ccc(CN2CC(=O)N3CSCC3C2=O)cc1. The van der Waals surface area contributed by atoms with E-state index in [2.05, 4.69) is 19.2 Å². The van der Waals surface area contributed by atoms with E-state index in [4.69, 9.17) is 0 Å². The number of hydrogen-bond acceptors (Lipinski definition) is 4. The summed E-state index contributed by atoms with van der Waals surface area (Å²) in [4.78, 5) is 40.2. The Bertz CT molecular complexity index is 690. The summed E-state index contributed by atoms with van der Waals surface area (Å²) in [6.45, 7) is 5.44. The Balaban J connectivity index is 1.58. The van der Waals surface area contributed by atoms with Crippen LogP contribution in [-0.4, -0.2) is 58.3 Å². The molecule has 2 fully saturated rings. The summed E-state index contributed by atoms with van der Waals surface area (Å²) >= 11 is 1.62. The summed E-state index contributed by atoms with van der Waals surface area (Å²) in [5.41, 5.74) is 1.53. The fraction of sp³-hybridized carbons (Fsp3) is 0.526. The summed E-state index contributed by atoms with van der Waals surface area (Å²) in [7, 11) is 0. The third-order valence-electron chi connectivity index (χ3n) is 4.72. The Morgan fingerprint density at radius 3 is 2.69 bits per heavy atom. The van der Waals surface area contributed by atoms with Crippen molar-refractivity contribution in [1.29, 1.82) is 0 Å². The number of amides is 3. The molecule has 1 atom stereocenters. The highest BCUT2D eigenvalue weighted by Gasteiger charge is 2.42. The minimum absolute atomic E-state index is 0.0146. The summed E-state index contributed by atoms with van der Waals surface area (Å²) in [5, 5.41) is 2.91. The molecule has 2 aliphatic rings. The van der Waals surface area contributed by atoms with Gasteiger partial charge in [-0.25, -0.2) is 0 Å². The van der Waals surface area contributed by atoms with Gasteiger partial charge in [0.25, 0.3) is 5.91 Å². The van der Waals surface area contributed by atoms with Crippen LogP contribution in [0.25, 0.3) is 0 Å². The van der Waals surface area contributed by atoms with E-state index in [1.54, 1.807) is 33.7 Å². The highest BCUT2D eigenvalue weighted by molar-refractivity contribution is 7.99. The largest absolute Gasteiger partial charge is 0.352 e. The number of thioether (sulfide) groups is 1. The molecule has 3 amide bonds. The fourth-order valence-corrected chi connectivity index (χ4v) is 4.30. The van der Waals surface area contributed by atoms with Crippen LogP contribution in [-0.2, 0) is 16.1 Å². The molecule has 140 valence electrons. The van der Waals surface area contributed by atoms with Crippen LogP contribution in [0.2, 0.25) is 0 Å². The fourth-order valence-electron chi connectivity index (χ4n) is 3.13. The number of carbonyl (C=O) groups is 3. The molecule has 2 aliphatic heterocycles. The lowest BCUT2D eigenvalue weighted by Gasteiger charge is -2.35. The first-order valence-electron chi connectivity index (χ1n) is 8.99. The van der Waals surface area contributed by atoms with E-state index in [-0.39, 0.29) is 30.3 Å². The van der Waals surface area contributed by atoms with Crippen LogP contribution in [0.3, 0.4) is 0 Å². The van der Waals surface area contributed by atoms with Gasteiger partial charge < -0.3 is 15.1 Å². The first-order chi connectivity index (χ1) is 12.5. The van der Waals surface area contributed by atoms with Gasteiger partial charge in [-0.1, -0.05) is 26.0 Å². The monoisotopic (exact) mass is 375 g/mol. The van der Waals surface area contributed by atoms with Crippen molar-refractivity contribution in [1.82, 2.24) is 15.1 Å². The number of carbonyl (C=O) groups excluding carboxylic acids is 3. The van der Waals surface area contributed by atoms with E-state index >= 15 is 0 Å². The molecule has 1 aromatic carbocycles. The third kappa shape index (κ3) is 4.20. The molecule has 0 aromatic heterocycles. The molecule has 0 spiro atoms. The van der Waals surface area contributed by atoms with Crippen molar-refractivity contribution in [3.63, 3.8) is 0 Å². The molecule has 26 heavy (non-hydrogen) atoms. The van der Waals surface area contributed by atoms with Gasteiger partial charge in [0.2, 0.25) is 11.8 Å². The normalized spacial score (nSPS) is 19.9. The molecule has 6 nitrogen and oxygen atoms in total. The number of hydrogen-bond donors (Lipinski definition) is 1. The zero-order chi connectivity index (χ0) is 18.7. The van der Waals surface area contributed by atoms with Crippen LogP contribution in [0.15, 0.2) is 24.3 Å². The predicted molar refractivity (Wildman–Crippen MR) is 102 cm³/mol. The van der Waals surface area contributed by atoms with Crippen molar-refractivity contribution < 1.29 is 14.4 Å². The van der Waals surface area contributed by atoms with Crippen LogP contribution in [0.5, 0.6) is 0 Å². The van der Waals surface area contributed by atoms with Gasteiger partial charge in [-0.15, -0.1) is 11.8 Å². The van der Waals surface area contributed by atoms with Gasteiger partial charge in [0, 0.05) is 24.4 Å².